The molecule has 3 rings (SSSR count). The summed E-state index contributed by atoms with van der Waals surface area (Å²) in [5.74, 6) is 3.67. The third kappa shape index (κ3) is 1.30. The van der Waals surface area contributed by atoms with Gasteiger partial charge in [0, 0.05) is 12.8 Å². The first-order chi connectivity index (χ1) is 5.79. The highest BCUT2D eigenvalue weighted by molar-refractivity contribution is 5.63. The van der Waals surface area contributed by atoms with E-state index in [-0.39, 0.29) is 0 Å². The van der Waals surface area contributed by atoms with Gasteiger partial charge in [0.15, 0.2) is 0 Å². The lowest BCUT2D eigenvalue weighted by molar-refractivity contribution is 0.0673. The first kappa shape index (κ1) is 8.28. The zero-order chi connectivity index (χ0) is 8.55. The topological polar surface area (TPSA) is 12.4 Å². The third-order valence-electron chi connectivity index (χ3n) is 3.54. The van der Waals surface area contributed by atoms with Crippen molar-refractivity contribution < 1.29 is 0 Å². The molecule has 3 aliphatic rings. The average molecular weight is 165 g/mol. The normalized spacial score (nSPS) is 40.4. The zero-order valence-electron chi connectivity index (χ0n) is 8.16. The molecule has 0 aromatic heterocycles. The van der Waals surface area contributed by atoms with Crippen LogP contribution in [0.3, 0.4) is 0 Å². The average Bonchev–Trinajstić information content (AvgIpc) is 1.78. The van der Waals surface area contributed by atoms with E-state index in [1.807, 2.05) is 0 Å². The number of aliphatic imine (C=N–C) groups is 1. The van der Waals surface area contributed by atoms with Crippen LogP contribution in [0.5, 0.6) is 0 Å². The molecule has 1 aliphatic carbocycles. The Bertz CT molecular complexity index is 183. The molecule has 1 heteroatoms. The van der Waals surface area contributed by atoms with Crippen LogP contribution >= 0.6 is 0 Å². The molecule has 0 aromatic rings. The number of hydrogen-bond donors (Lipinski definition) is 0. The van der Waals surface area contributed by atoms with Crippen LogP contribution in [0.25, 0.3) is 0 Å². The Balaban J connectivity index is 2.06. The van der Waals surface area contributed by atoms with E-state index in [1.165, 1.54) is 19.3 Å². The second-order valence-electron chi connectivity index (χ2n) is 4.68. The molecule has 0 N–H and O–H groups in total. The van der Waals surface area contributed by atoms with Gasteiger partial charge in [-0.05, 0) is 42.9 Å². The summed E-state index contributed by atoms with van der Waals surface area (Å²) in [5, 5.41) is 0. The van der Waals surface area contributed by atoms with Crippen LogP contribution in [-0.4, -0.2) is 12.8 Å². The molecule has 1 saturated carbocycles. The molecule has 0 spiro atoms. The van der Waals surface area contributed by atoms with E-state index in [2.05, 4.69) is 25.1 Å². The highest BCUT2D eigenvalue weighted by Gasteiger charge is 2.41. The van der Waals surface area contributed by atoms with Crippen LogP contribution in [0.15, 0.2) is 4.99 Å². The predicted octanol–water partition coefficient (Wildman–Crippen LogP) is 2.76. The van der Waals surface area contributed by atoms with Gasteiger partial charge in [-0.2, -0.15) is 0 Å². The van der Waals surface area contributed by atoms with Crippen molar-refractivity contribution in [2.45, 2.75) is 33.1 Å². The van der Waals surface area contributed by atoms with Gasteiger partial charge in [0.1, 0.15) is 0 Å². The monoisotopic (exact) mass is 165 g/mol. The first-order valence-electron chi connectivity index (χ1n) is 5.29. The highest BCUT2D eigenvalue weighted by atomic mass is 14.7. The fourth-order valence-corrected chi connectivity index (χ4v) is 2.98. The van der Waals surface area contributed by atoms with Gasteiger partial charge in [0.05, 0.1) is 0 Å². The Hall–Kier alpha value is -0.330. The Morgan fingerprint density at radius 1 is 1.42 bits per heavy atom. The molecule has 2 bridgehead atoms. The fourth-order valence-electron chi connectivity index (χ4n) is 2.98. The number of rotatable bonds is 1. The smallest absolute Gasteiger partial charge is 0.0385 e. The minimum atomic E-state index is 0.829. The van der Waals surface area contributed by atoms with Crippen molar-refractivity contribution in [3.05, 3.63) is 0 Å². The van der Waals surface area contributed by atoms with Crippen molar-refractivity contribution in [3.63, 3.8) is 0 Å². The van der Waals surface area contributed by atoms with Crippen molar-refractivity contribution in [2.24, 2.45) is 28.7 Å². The molecule has 0 amide bonds. The SMILES string of the molecule is CC(C)C1C2C=NCCCC1C2. The number of fused-ring (bicyclic) bond motifs is 3. The van der Waals surface area contributed by atoms with E-state index in [4.69, 9.17) is 0 Å². The van der Waals surface area contributed by atoms with Gasteiger partial charge >= 0.3 is 0 Å². The molecule has 0 saturated heterocycles. The molecular weight excluding hydrogens is 146 g/mol. The quantitative estimate of drug-likeness (QED) is 0.566. The Morgan fingerprint density at radius 2 is 2.25 bits per heavy atom. The second-order valence-corrected chi connectivity index (χ2v) is 4.68. The van der Waals surface area contributed by atoms with E-state index < -0.39 is 0 Å². The van der Waals surface area contributed by atoms with Crippen molar-refractivity contribution >= 4 is 6.21 Å². The van der Waals surface area contributed by atoms with Gasteiger partial charge in [0.2, 0.25) is 0 Å². The summed E-state index contributed by atoms with van der Waals surface area (Å²) in [6.45, 7) is 5.80. The molecule has 68 valence electrons. The summed E-state index contributed by atoms with van der Waals surface area (Å²) < 4.78 is 0. The lowest BCUT2D eigenvalue weighted by atomic mass is 9.59. The summed E-state index contributed by atoms with van der Waals surface area (Å²) in [7, 11) is 0. The molecule has 2 heterocycles. The molecule has 1 nitrogen and oxygen atoms in total. The maximum Gasteiger partial charge on any atom is 0.0385 e. The molecular formula is C11H19N. The van der Waals surface area contributed by atoms with E-state index in [0.717, 1.165) is 30.2 Å². The van der Waals surface area contributed by atoms with Gasteiger partial charge in [-0.1, -0.05) is 13.8 Å². The largest absolute Gasteiger partial charge is 0.297 e. The summed E-state index contributed by atoms with van der Waals surface area (Å²) >= 11 is 0. The van der Waals surface area contributed by atoms with E-state index in [9.17, 15) is 0 Å². The predicted molar refractivity (Wildman–Crippen MR) is 52.5 cm³/mol. The number of hydrogen-bond acceptors (Lipinski definition) is 1. The van der Waals surface area contributed by atoms with Crippen LogP contribution < -0.4 is 0 Å². The van der Waals surface area contributed by atoms with Crippen LogP contribution in [0.2, 0.25) is 0 Å². The van der Waals surface area contributed by atoms with E-state index in [1.54, 1.807) is 0 Å². The van der Waals surface area contributed by atoms with Gasteiger partial charge < -0.3 is 0 Å². The Morgan fingerprint density at radius 3 is 3.00 bits per heavy atom. The zero-order valence-corrected chi connectivity index (χ0v) is 8.16. The summed E-state index contributed by atoms with van der Waals surface area (Å²) in [6, 6.07) is 0. The van der Waals surface area contributed by atoms with E-state index in [0.29, 0.717) is 0 Å². The molecule has 2 aliphatic heterocycles. The van der Waals surface area contributed by atoms with Crippen LogP contribution in [-0.2, 0) is 0 Å². The van der Waals surface area contributed by atoms with Crippen LogP contribution in [0, 0.1) is 23.7 Å². The summed E-state index contributed by atoms with van der Waals surface area (Å²) in [4.78, 5) is 4.46. The maximum absolute atomic E-state index is 4.46. The lowest BCUT2D eigenvalue weighted by Gasteiger charge is -2.46. The van der Waals surface area contributed by atoms with Crippen molar-refractivity contribution in [1.82, 2.24) is 0 Å². The summed E-state index contributed by atoms with van der Waals surface area (Å²) in [6.07, 6.45) is 6.40. The van der Waals surface area contributed by atoms with Crippen molar-refractivity contribution in [3.8, 4) is 0 Å². The van der Waals surface area contributed by atoms with E-state index >= 15 is 0 Å². The Labute approximate surface area is 75.3 Å². The van der Waals surface area contributed by atoms with Gasteiger partial charge in [-0.15, -0.1) is 0 Å². The molecule has 1 fully saturated rings. The second kappa shape index (κ2) is 3.20. The minimum Gasteiger partial charge on any atom is -0.297 e. The van der Waals surface area contributed by atoms with Gasteiger partial charge in [-0.25, -0.2) is 0 Å². The molecule has 12 heavy (non-hydrogen) atoms. The van der Waals surface area contributed by atoms with Gasteiger partial charge in [-0.3, -0.25) is 4.99 Å². The highest BCUT2D eigenvalue weighted by Crippen LogP contribution is 2.47. The van der Waals surface area contributed by atoms with Crippen molar-refractivity contribution in [2.75, 3.05) is 6.54 Å². The van der Waals surface area contributed by atoms with Crippen LogP contribution in [0.1, 0.15) is 33.1 Å². The lowest BCUT2D eigenvalue weighted by Crippen LogP contribution is -2.41. The molecule has 3 unspecified atom stereocenters. The van der Waals surface area contributed by atoms with Crippen LogP contribution in [0.4, 0.5) is 0 Å². The fraction of sp³-hybridized carbons (Fsp3) is 0.909. The molecule has 0 aromatic carbocycles. The molecule has 3 atom stereocenters. The van der Waals surface area contributed by atoms with Gasteiger partial charge in [0.25, 0.3) is 0 Å². The van der Waals surface area contributed by atoms with Crippen molar-refractivity contribution in [1.29, 1.82) is 0 Å². The Kier molecular flexibility index (Phi) is 2.20. The first-order valence-corrected chi connectivity index (χ1v) is 5.29. The summed E-state index contributed by atoms with van der Waals surface area (Å²) in [5.41, 5.74) is 0. The maximum atomic E-state index is 4.46. The molecule has 0 radical (unpaired) electrons. The minimum absolute atomic E-state index is 0.829. The third-order valence-corrected chi connectivity index (χ3v) is 3.54. The number of nitrogens with zero attached hydrogens (tertiary/aromatic N) is 1. The standard InChI is InChI=1S/C11H19N/c1-8(2)11-9-4-3-5-12-7-10(11)6-9/h7-11H,3-6H2,1-2H3.